The standard InChI is InChI=1S/C7H14NO2/c1-7(9)10-6-5-8(2,3)4/h5-6H,1-4H3/q+1/b6-5+/i8+1. The minimum Gasteiger partial charge on any atom is -0.429 e. The zero-order valence-corrected chi connectivity index (χ0v) is 6.92. The van der Waals surface area contributed by atoms with Crippen LogP contribution in [-0.4, -0.2) is 31.6 Å². The van der Waals surface area contributed by atoms with Gasteiger partial charge >= 0.3 is 5.97 Å². The minimum absolute atomic E-state index is 0.287. The Morgan fingerprint density at radius 1 is 1.40 bits per heavy atom. The Labute approximate surface area is 61.5 Å². The van der Waals surface area contributed by atoms with Crippen LogP contribution >= 0.6 is 0 Å². The maximum Gasteiger partial charge on any atom is 0.307 e. The van der Waals surface area contributed by atoms with Crippen LogP contribution in [0.15, 0.2) is 12.5 Å². The lowest BCUT2D eigenvalue weighted by molar-refractivity contribution is -0.817. The molecule has 0 heterocycles. The zero-order chi connectivity index (χ0) is 8.20. The molecule has 0 rings (SSSR count). The van der Waals surface area contributed by atoms with Gasteiger partial charge in [0.25, 0.3) is 0 Å². The lowest BCUT2D eigenvalue weighted by atomic mass is 10.8. The largest absolute Gasteiger partial charge is 0.429 e. The van der Waals surface area contributed by atoms with Crippen LogP contribution in [0.5, 0.6) is 0 Å². The summed E-state index contributed by atoms with van der Waals surface area (Å²) in [5, 5.41) is 0. The minimum atomic E-state index is -0.287. The second kappa shape index (κ2) is 3.37. The van der Waals surface area contributed by atoms with E-state index in [4.69, 9.17) is 0 Å². The number of ether oxygens (including phenoxy) is 1. The number of esters is 1. The highest BCUT2D eigenvalue weighted by atomic mass is 16.5. The molecule has 0 aromatic carbocycles. The monoisotopic (exact) mass is 145 g/mol. The summed E-state index contributed by atoms with van der Waals surface area (Å²) in [7, 11) is 5.92. The third kappa shape index (κ3) is 7.17. The van der Waals surface area contributed by atoms with Crippen LogP contribution < -0.4 is 0 Å². The van der Waals surface area contributed by atoms with Crippen LogP contribution in [0, 0.1) is 0 Å². The number of carbonyl (C=O) groups excluding carboxylic acids is 1. The lowest BCUT2D eigenvalue weighted by Gasteiger charge is -2.16. The molecular formula is C7H14NO2+. The van der Waals surface area contributed by atoms with Gasteiger partial charge in [-0.15, -0.1) is 0 Å². The average Bonchev–Trinajstić information content (AvgIpc) is 1.59. The molecule has 0 aliphatic carbocycles. The van der Waals surface area contributed by atoms with E-state index < -0.39 is 0 Å². The zero-order valence-electron chi connectivity index (χ0n) is 6.92. The summed E-state index contributed by atoms with van der Waals surface area (Å²) in [4.78, 5) is 10.2. The quantitative estimate of drug-likeness (QED) is 0.248. The summed E-state index contributed by atoms with van der Waals surface area (Å²) in [5.41, 5.74) is 0. The molecule has 0 aromatic heterocycles. The number of quaternary nitrogens is 1. The van der Waals surface area contributed by atoms with E-state index in [0.29, 0.717) is 4.48 Å². The number of hydrogen-bond acceptors (Lipinski definition) is 2. The highest BCUT2D eigenvalue weighted by Gasteiger charge is 1.99. The third-order valence-corrected chi connectivity index (χ3v) is 0.742. The van der Waals surface area contributed by atoms with Crippen molar-refractivity contribution >= 4 is 5.97 Å². The number of nitrogens with zero attached hydrogens (tertiary/aromatic N) is 1. The fourth-order valence-electron chi connectivity index (χ4n) is 0.309. The molecule has 10 heavy (non-hydrogen) atoms. The van der Waals surface area contributed by atoms with Crippen molar-refractivity contribution in [1.29, 1.82) is 0 Å². The molecule has 0 N–H and O–H groups in total. The van der Waals surface area contributed by atoms with E-state index in [0.717, 1.165) is 0 Å². The Kier molecular flexibility index (Phi) is 3.09. The van der Waals surface area contributed by atoms with Crippen LogP contribution in [0.3, 0.4) is 0 Å². The molecular weight excluding hydrogens is 131 g/mol. The van der Waals surface area contributed by atoms with Gasteiger partial charge in [-0.1, -0.05) is 0 Å². The van der Waals surface area contributed by atoms with Crippen LogP contribution in [0.25, 0.3) is 0 Å². The first kappa shape index (κ1) is 9.17. The van der Waals surface area contributed by atoms with Crippen LogP contribution in [0.4, 0.5) is 0 Å². The second-order valence-corrected chi connectivity index (χ2v) is 3.01. The van der Waals surface area contributed by atoms with Gasteiger partial charge in [-0.25, -0.2) is 0 Å². The maximum atomic E-state index is 10.2. The number of carbonyl (C=O) groups is 1. The van der Waals surface area contributed by atoms with Gasteiger partial charge in [0.15, 0.2) is 0 Å². The molecule has 0 aliphatic heterocycles. The Morgan fingerprint density at radius 2 is 1.90 bits per heavy atom. The van der Waals surface area contributed by atoms with Gasteiger partial charge in [0.05, 0.1) is 21.1 Å². The van der Waals surface area contributed by atoms with Gasteiger partial charge < -0.3 is 9.22 Å². The highest BCUT2D eigenvalue weighted by Crippen LogP contribution is 1.91. The molecule has 58 valence electrons. The van der Waals surface area contributed by atoms with Crippen molar-refractivity contribution in [3.63, 3.8) is 0 Å². The fraction of sp³-hybridized carbons (Fsp3) is 0.571. The summed E-state index contributed by atoms with van der Waals surface area (Å²) in [5.74, 6) is -0.287. The van der Waals surface area contributed by atoms with Crippen molar-refractivity contribution in [3.8, 4) is 0 Å². The van der Waals surface area contributed by atoms with E-state index >= 15 is 0 Å². The molecule has 0 saturated heterocycles. The van der Waals surface area contributed by atoms with Crippen molar-refractivity contribution in [3.05, 3.63) is 12.5 Å². The Hall–Kier alpha value is -0.830. The van der Waals surface area contributed by atoms with Gasteiger partial charge in [-0.3, -0.25) is 4.79 Å². The summed E-state index contributed by atoms with van der Waals surface area (Å²) >= 11 is 0. The van der Waals surface area contributed by atoms with E-state index in [2.05, 4.69) is 4.74 Å². The van der Waals surface area contributed by atoms with Gasteiger partial charge in [0.1, 0.15) is 12.5 Å². The van der Waals surface area contributed by atoms with E-state index in [1.807, 2.05) is 21.1 Å². The van der Waals surface area contributed by atoms with Crippen molar-refractivity contribution in [1.82, 2.24) is 0 Å². The fourth-order valence-corrected chi connectivity index (χ4v) is 0.309. The van der Waals surface area contributed by atoms with Gasteiger partial charge in [0, 0.05) is 6.92 Å². The van der Waals surface area contributed by atoms with Gasteiger partial charge in [-0.2, -0.15) is 0 Å². The van der Waals surface area contributed by atoms with Gasteiger partial charge in [0.2, 0.25) is 0 Å². The average molecular weight is 145 g/mol. The Bertz CT molecular complexity index is 144. The topological polar surface area (TPSA) is 26.3 Å². The summed E-state index contributed by atoms with van der Waals surface area (Å²) in [6, 6.07) is 0. The normalized spacial score (nSPS) is 12.0. The first-order valence-electron chi connectivity index (χ1n) is 3.08. The first-order chi connectivity index (χ1) is 4.42. The molecule has 0 fully saturated rings. The summed E-state index contributed by atoms with van der Waals surface area (Å²) < 4.78 is 5.23. The molecule has 0 aromatic rings. The van der Waals surface area contributed by atoms with Gasteiger partial charge in [-0.05, 0) is 0 Å². The van der Waals surface area contributed by atoms with E-state index in [9.17, 15) is 4.79 Å². The molecule has 0 unspecified atom stereocenters. The molecule has 0 bridgehead atoms. The predicted octanol–water partition coefficient (Wildman–Crippen LogP) is 0.727. The van der Waals surface area contributed by atoms with E-state index in [1.54, 1.807) is 6.20 Å². The Balaban J connectivity index is 3.67. The number of hydrogen-bond donors (Lipinski definition) is 0. The maximum absolute atomic E-state index is 10.2. The molecule has 0 spiro atoms. The Morgan fingerprint density at radius 3 is 2.20 bits per heavy atom. The summed E-state index contributed by atoms with van der Waals surface area (Å²) in [6.07, 6.45) is 3.18. The predicted molar refractivity (Wildman–Crippen MR) is 38.9 cm³/mol. The second-order valence-electron chi connectivity index (χ2n) is 3.01. The molecule has 0 atom stereocenters. The molecule has 0 saturated carbocycles. The van der Waals surface area contributed by atoms with E-state index in [-0.39, 0.29) is 5.97 Å². The van der Waals surface area contributed by atoms with Crippen LogP contribution in [-0.2, 0) is 9.53 Å². The first-order valence-corrected chi connectivity index (χ1v) is 3.08. The van der Waals surface area contributed by atoms with Crippen LogP contribution in [0.1, 0.15) is 6.92 Å². The molecule has 3 nitrogen and oxygen atoms in total. The van der Waals surface area contributed by atoms with Crippen molar-refractivity contribution in [2.75, 3.05) is 21.1 Å². The third-order valence-electron chi connectivity index (χ3n) is 0.742. The molecule has 0 aliphatic rings. The molecule has 0 radical (unpaired) electrons. The van der Waals surface area contributed by atoms with Crippen molar-refractivity contribution in [2.24, 2.45) is 0 Å². The lowest BCUT2D eigenvalue weighted by Crippen LogP contribution is -2.26. The SMILES string of the molecule is CC(=O)O/C=C/[15N+](C)(C)C. The molecule has 3 heteroatoms. The van der Waals surface area contributed by atoms with E-state index in [1.165, 1.54) is 13.2 Å². The molecule has 0 amide bonds. The highest BCUT2D eigenvalue weighted by molar-refractivity contribution is 5.66. The smallest absolute Gasteiger partial charge is 0.307 e. The number of rotatable bonds is 2. The van der Waals surface area contributed by atoms with Crippen molar-refractivity contribution in [2.45, 2.75) is 6.92 Å². The summed E-state index contributed by atoms with van der Waals surface area (Å²) in [6.45, 7) is 1.38. The van der Waals surface area contributed by atoms with Crippen molar-refractivity contribution < 1.29 is 14.0 Å². The van der Waals surface area contributed by atoms with Crippen LogP contribution in [0.2, 0.25) is 0 Å².